The normalized spacial score (nSPS) is 10.1. The zero-order valence-corrected chi connectivity index (χ0v) is 9.24. The van der Waals surface area contributed by atoms with Gasteiger partial charge in [-0.1, -0.05) is 0 Å². The van der Waals surface area contributed by atoms with Gasteiger partial charge in [0.25, 0.3) is 0 Å². The number of ether oxygens (including phenoxy) is 1. The van der Waals surface area contributed by atoms with Crippen LogP contribution in [0, 0.1) is 6.92 Å². The van der Waals surface area contributed by atoms with Crippen LogP contribution >= 0.6 is 0 Å². The Balaban J connectivity index is 2.25. The second kappa shape index (κ2) is 4.14. The summed E-state index contributed by atoms with van der Waals surface area (Å²) in [6, 6.07) is 5.80. The van der Waals surface area contributed by atoms with Crippen LogP contribution in [0.5, 0.6) is 5.75 Å². The minimum atomic E-state index is 0.523. The highest BCUT2D eigenvalue weighted by Crippen LogP contribution is 2.26. The van der Waals surface area contributed by atoms with Crippen molar-refractivity contribution in [2.75, 3.05) is 18.2 Å². The van der Waals surface area contributed by atoms with Crippen molar-refractivity contribution in [3.05, 3.63) is 30.0 Å². The Morgan fingerprint density at radius 2 is 2.19 bits per heavy atom. The lowest BCUT2D eigenvalue weighted by molar-refractivity contribution is 0.414. The summed E-state index contributed by atoms with van der Waals surface area (Å²) in [4.78, 5) is 0. The van der Waals surface area contributed by atoms with Crippen LogP contribution in [0.25, 0.3) is 0 Å². The predicted octanol–water partition coefficient (Wildman–Crippen LogP) is 2.05. The molecule has 5 heteroatoms. The third-order valence-corrected chi connectivity index (χ3v) is 2.37. The molecule has 0 unspecified atom stereocenters. The molecule has 0 bridgehead atoms. The second-order valence-corrected chi connectivity index (χ2v) is 3.50. The van der Waals surface area contributed by atoms with Gasteiger partial charge in [-0.25, -0.2) is 0 Å². The molecule has 1 aromatic carbocycles. The number of rotatable bonds is 3. The average Bonchev–Trinajstić information content (AvgIpc) is 2.67. The van der Waals surface area contributed by atoms with Gasteiger partial charge in [0.05, 0.1) is 13.3 Å². The number of aromatic amines is 1. The number of nitrogens with zero attached hydrogens (tertiary/aromatic N) is 1. The summed E-state index contributed by atoms with van der Waals surface area (Å²) in [6.07, 6.45) is 1.65. The average molecular weight is 218 g/mol. The number of benzene rings is 1. The van der Waals surface area contributed by atoms with Gasteiger partial charge in [-0.2, -0.15) is 5.10 Å². The zero-order chi connectivity index (χ0) is 11.5. The number of nitrogens with two attached hydrogens (primary N) is 1. The van der Waals surface area contributed by atoms with Crippen LogP contribution in [-0.2, 0) is 0 Å². The van der Waals surface area contributed by atoms with Gasteiger partial charge in [-0.3, -0.25) is 5.10 Å². The van der Waals surface area contributed by atoms with E-state index in [1.165, 1.54) is 0 Å². The van der Waals surface area contributed by atoms with Crippen molar-refractivity contribution >= 4 is 17.2 Å². The molecule has 5 nitrogen and oxygen atoms in total. The van der Waals surface area contributed by atoms with Crippen molar-refractivity contribution in [2.24, 2.45) is 0 Å². The van der Waals surface area contributed by atoms with E-state index in [1.54, 1.807) is 13.3 Å². The number of aromatic nitrogens is 2. The number of aryl methyl sites for hydroxylation is 1. The molecule has 0 saturated carbocycles. The Morgan fingerprint density at radius 1 is 1.38 bits per heavy atom. The molecule has 1 heterocycles. The SMILES string of the molecule is COc1ccc(Nc2cn[nH]c2N)c(C)c1. The molecule has 16 heavy (non-hydrogen) atoms. The maximum Gasteiger partial charge on any atom is 0.143 e. The fraction of sp³-hybridized carbons (Fsp3) is 0.182. The molecule has 0 atom stereocenters. The van der Waals surface area contributed by atoms with E-state index < -0.39 is 0 Å². The first kappa shape index (κ1) is 10.4. The summed E-state index contributed by atoms with van der Waals surface area (Å²) in [6.45, 7) is 2.00. The monoisotopic (exact) mass is 218 g/mol. The number of H-pyrrole nitrogens is 1. The van der Waals surface area contributed by atoms with Crippen LogP contribution in [0.1, 0.15) is 5.56 Å². The molecule has 0 aliphatic carbocycles. The lowest BCUT2D eigenvalue weighted by Gasteiger charge is -2.09. The summed E-state index contributed by atoms with van der Waals surface area (Å²) >= 11 is 0. The van der Waals surface area contributed by atoms with Crippen molar-refractivity contribution in [1.29, 1.82) is 0 Å². The molecule has 0 radical (unpaired) electrons. The third kappa shape index (κ3) is 1.93. The van der Waals surface area contributed by atoms with Crippen LogP contribution in [0.4, 0.5) is 17.2 Å². The Bertz CT molecular complexity index is 492. The fourth-order valence-corrected chi connectivity index (χ4v) is 1.44. The van der Waals surface area contributed by atoms with E-state index in [1.807, 2.05) is 25.1 Å². The number of nitrogens with one attached hydrogen (secondary N) is 2. The highest BCUT2D eigenvalue weighted by atomic mass is 16.5. The first-order chi connectivity index (χ1) is 7.70. The lowest BCUT2D eigenvalue weighted by Crippen LogP contribution is -1.96. The molecule has 0 fully saturated rings. The Labute approximate surface area is 93.6 Å². The first-order valence-corrected chi connectivity index (χ1v) is 4.91. The Hall–Kier alpha value is -2.17. The number of hydrogen-bond acceptors (Lipinski definition) is 4. The Kier molecular flexibility index (Phi) is 2.68. The van der Waals surface area contributed by atoms with Crippen molar-refractivity contribution in [3.8, 4) is 5.75 Å². The largest absolute Gasteiger partial charge is 0.497 e. The van der Waals surface area contributed by atoms with E-state index >= 15 is 0 Å². The van der Waals surface area contributed by atoms with Gasteiger partial charge in [0.15, 0.2) is 0 Å². The van der Waals surface area contributed by atoms with E-state index in [0.717, 1.165) is 22.7 Å². The predicted molar refractivity (Wildman–Crippen MR) is 64.0 cm³/mol. The molecular weight excluding hydrogens is 204 g/mol. The van der Waals surface area contributed by atoms with Crippen molar-refractivity contribution in [3.63, 3.8) is 0 Å². The fourth-order valence-electron chi connectivity index (χ4n) is 1.44. The summed E-state index contributed by atoms with van der Waals surface area (Å²) in [7, 11) is 1.65. The molecule has 0 spiro atoms. The molecule has 1 aromatic heterocycles. The summed E-state index contributed by atoms with van der Waals surface area (Å²) in [5.74, 6) is 1.36. The number of methoxy groups -OCH3 is 1. The molecule has 2 rings (SSSR count). The Morgan fingerprint density at radius 3 is 2.75 bits per heavy atom. The maximum atomic E-state index is 5.69. The summed E-state index contributed by atoms with van der Waals surface area (Å²) in [5, 5.41) is 9.71. The number of nitrogen functional groups attached to an aromatic ring is 1. The topological polar surface area (TPSA) is 76.0 Å². The van der Waals surface area contributed by atoms with Gasteiger partial charge in [0, 0.05) is 5.69 Å². The van der Waals surface area contributed by atoms with Gasteiger partial charge < -0.3 is 15.8 Å². The smallest absolute Gasteiger partial charge is 0.143 e. The van der Waals surface area contributed by atoms with E-state index in [4.69, 9.17) is 10.5 Å². The molecule has 4 N–H and O–H groups in total. The molecule has 84 valence electrons. The van der Waals surface area contributed by atoms with E-state index in [2.05, 4.69) is 15.5 Å². The molecule has 0 amide bonds. The van der Waals surface area contributed by atoms with E-state index in [0.29, 0.717) is 5.82 Å². The molecular formula is C11H14N4O. The van der Waals surface area contributed by atoms with E-state index in [9.17, 15) is 0 Å². The minimum Gasteiger partial charge on any atom is -0.497 e. The molecule has 0 aliphatic rings. The van der Waals surface area contributed by atoms with Crippen LogP contribution in [0.3, 0.4) is 0 Å². The lowest BCUT2D eigenvalue weighted by atomic mass is 10.2. The van der Waals surface area contributed by atoms with Gasteiger partial charge in [0.2, 0.25) is 0 Å². The van der Waals surface area contributed by atoms with Gasteiger partial charge in [0.1, 0.15) is 17.3 Å². The van der Waals surface area contributed by atoms with Crippen molar-refractivity contribution in [2.45, 2.75) is 6.92 Å². The van der Waals surface area contributed by atoms with Crippen molar-refractivity contribution in [1.82, 2.24) is 10.2 Å². The van der Waals surface area contributed by atoms with Gasteiger partial charge in [-0.05, 0) is 30.7 Å². The molecule has 2 aromatic rings. The molecule has 0 aliphatic heterocycles. The summed E-state index contributed by atoms with van der Waals surface area (Å²) in [5.41, 5.74) is 8.52. The highest BCUT2D eigenvalue weighted by Gasteiger charge is 2.04. The van der Waals surface area contributed by atoms with Gasteiger partial charge in [-0.15, -0.1) is 0 Å². The number of anilines is 3. The van der Waals surface area contributed by atoms with Gasteiger partial charge >= 0.3 is 0 Å². The highest BCUT2D eigenvalue weighted by molar-refractivity contribution is 5.71. The van der Waals surface area contributed by atoms with E-state index in [-0.39, 0.29) is 0 Å². The van der Waals surface area contributed by atoms with Crippen LogP contribution in [0.15, 0.2) is 24.4 Å². The van der Waals surface area contributed by atoms with Crippen LogP contribution in [0.2, 0.25) is 0 Å². The zero-order valence-electron chi connectivity index (χ0n) is 9.24. The van der Waals surface area contributed by atoms with Crippen LogP contribution in [-0.4, -0.2) is 17.3 Å². The van der Waals surface area contributed by atoms with Crippen LogP contribution < -0.4 is 15.8 Å². The van der Waals surface area contributed by atoms with Crippen molar-refractivity contribution < 1.29 is 4.74 Å². The maximum absolute atomic E-state index is 5.69. The minimum absolute atomic E-state index is 0.523. The summed E-state index contributed by atoms with van der Waals surface area (Å²) < 4.78 is 5.14. The number of hydrogen-bond donors (Lipinski definition) is 3. The third-order valence-electron chi connectivity index (χ3n) is 2.37. The molecule has 0 saturated heterocycles. The first-order valence-electron chi connectivity index (χ1n) is 4.91. The quantitative estimate of drug-likeness (QED) is 0.737. The second-order valence-electron chi connectivity index (χ2n) is 3.50. The standard InChI is InChI=1S/C11H14N4O/c1-7-5-8(16-2)3-4-9(7)14-10-6-13-15-11(10)12/h3-6,14H,1-2H3,(H3,12,13,15).